The number of carbonyl (C=O) groups is 2. The molecule has 0 aliphatic carbocycles. The van der Waals surface area contributed by atoms with Crippen molar-refractivity contribution in [1.82, 2.24) is 10.2 Å². The summed E-state index contributed by atoms with van der Waals surface area (Å²) in [6.07, 6.45) is 0. The Morgan fingerprint density at radius 2 is 1.69 bits per heavy atom. The molecule has 0 saturated carbocycles. The van der Waals surface area contributed by atoms with E-state index in [2.05, 4.69) is 5.32 Å². The molecular formula is C29H34ClN3O5S. The number of carbonyl (C=O) groups excluding carboxylic acids is 2. The van der Waals surface area contributed by atoms with E-state index in [1.807, 2.05) is 6.92 Å². The summed E-state index contributed by atoms with van der Waals surface area (Å²) in [5, 5.41) is 3.23. The van der Waals surface area contributed by atoms with Gasteiger partial charge in [-0.05, 0) is 69.7 Å². The summed E-state index contributed by atoms with van der Waals surface area (Å²) in [4.78, 5) is 28.1. The molecule has 0 radical (unpaired) electrons. The average Bonchev–Trinajstić information content (AvgIpc) is 2.91. The van der Waals surface area contributed by atoms with E-state index in [0.29, 0.717) is 29.5 Å². The highest BCUT2D eigenvalue weighted by atomic mass is 35.5. The minimum atomic E-state index is -4.19. The number of hydrogen-bond acceptors (Lipinski definition) is 5. The number of amides is 2. The van der Waals surface area contributed by atoms with E-state index in [0.717, 1.165) is 9.87 Å². The van der Waals surface area contributed by atoms with Gasteiger partial charge in [0.05, 0.1) is 17.2 Å². The van der Waals surface area contributed by atoms with Crippen LogP contribution in [0.2, 0.25) is 5.02 Å². The molecule has 0 spiro atoms. The Morgan fingerprint density at radius 1 is 1.00 bits per heavy atom. The topological polar surface area (TPSA) is 96.0 Å². The second kappa shape index (κ2) is 13.5. The Labute approximate surface area is 235 Å². The van der Waals surface area contributed by atoms with Gasteiger partial charge in [-0.2, -0.15) is 0 Å². The quantitative estimate of drug-likeness (QED) is 0.337. The number of likely N-dealkylation sites (N-methyl/N-ethyl adjacent to an activating group) is 1. The Bertz CT molecular complexity index is 1400. The van der Waals surface area contributed by atoms with Gasteiger partial charge in [-0.25, -0.2) is 8.42 Å². The summed E-state index contributed by atoms with van der Waals surface area (Å²) in [5.74, 6) is -0.590. The molecule has 0 aliphatic heterocycles. The van der Waals surface area contributed by atoms with E-state index in [9.17, 15) is 18.0 Å². The molecule has 3 rings (SSSR count). The number of hydrogen-bond donors (Lipinski definition) is 1. The molecule has 2 amide bonds. The van der Waals surface area contributed by atoms with Gasteiger partial charge in [0.25, 0.3) is 10.0 Å². The van der Waals surface area contributed by atoms with Crippen molar-refractivity contribution in [3.63, 3.8) is 0 Å². The van der Waals surface area contributed by atoms with Gasteiger partial charge >= 0.3 is 0 Å². The van der Waals surface area contributed by atoms with Crippen molar-refractivity contribution in [1.29, 1.82) is 0 Å². The molecule has 1 atom stereocenters. The van der Waals surface area contributed by atoms with Crippen LogP contribution in [0.25, 0.3) is 0 Å². The summed E-state index contributed by atoms with van der Waals surface area (Å²) >= 11 is 6.17. The lowest BCUT2D eigenvalue weighted by Gasteiger charge is -2.32. The molecule has 0 aromatic heterocycles. The third-order valence-corrected chi connectivity index (χ3v) is 8.09. The van der Waals surface area contributed by atoms with Crippen molar-refractivity contribution in [2.24, 2.45) is 0 Å². The lowest BCUT2D eigenvalue weighted by molar-refractivity contribution is -0.139. The predicted octanol–water partition coefficient (Wildman–Crippen LogP) is 4.80. The van der Waals surface area contributed by atoms with Gasteiger partial charge in [0.15, 0.2) is 0 Å². The normalized spacial score (nSPS) is 11.9. The summed E-state index contributed by atoms with van der Waals surface area (Å²) in [5.41, 5.74) is 1.83. The Morgan fingerprint density at radius 3 is 2.33 bits per heavy atom. The third kappa shape index (κ3) is 7.52. The molecule has 0 fully saturated rings. The van der Waals surface area contributed by atoms with E-state index >= 15 is 0 Å². The van der Waals surface area contributed by atoms with Crippen LogP contribution in [-0.2, 0) is 26.2 Å². The summed E-state index contributed by atoms with van der Waals surface area (Å²) in [6.45, 7) is 7.25. The molecule has 0 aliphatic rings. The van der Waals surface area contributed by atoms with Crippen LogP contribution in [0.15, 0.2) is 77.7 Å². The van der Waals surface area contributed by atoms with E-state index in [-0.39, 0.29) is 23.0 Å². The second-order valence-electron chi connectivity index (χ2n) is 8.95. The fraction of sp³-hybridized carbons (Fsp3) is 0.310. The fourth-order valence-corrected chi connectivity index (χ4v) is 5.67. The van der Waals surface area contributed by atoms with Gasteiger partial charge in [-0.3, -0.25) is 13.9 Å². The van der Waals surface area contributed by atoms with Crippen molar-refractivity contribution in [2.75, 3.05) is 24.0 Å². The van der Waals surface area contributed by atoms with Crippen molar-refractivity contribution in [3.05, 3.63) is 88.9 Å². The molecule has 3 aromatic rings. The van der Waals surface area contributed by atoms with Gasteiger partial charge in [-0.1, -0.05) is 53.6 Å². The third-order valence-electron chi connectivity index (χ3n) is 6.08. The number of nitrogens with zero attached hydrogens (tertiary/aromatic N) is 2. The van der Waals surface area contributed by atoms with E-state index in [4.69, 9.17) is 16.3 Å². The average molecular weight is 572 g/mol. The number of nitrogens with one attached hydrogen (secondary N) is 1. The predicted molar refractivity (Wildman–Crippen MR) is 153 cm³/mol. The second-order valence-corrected chi connectivity index (χ2v) is 11.2. The van der Waals surface area contributed by atoms with Crippen LogP contribution in [0.5, 0.6) is 5.75 Å². The van der Waals surface area contributed by atoms with Gasteiger partial charge in [0.1, 0.15) is 18.3 Å². The smallest absolute Gasteiger partial charge is 0.264 e. The standard InChI is InChI=1S/C29H34ClN3O5S/c1-5-31-29(35)22(4)32(19-23-10-9-11-24(30)18-23)28(34)20-33(26-12-7-8-13-27(26)38-6-2)39(36,37)25-16-14-21(3)15-17-25/h7-18,22H,5-6,19-20H2,1-4H3,(H,31,35). The molecule has 10 heteroatoms. The summed E-state index contributed by atoms with van der Waals surface area (Å²) < 4.78 is 34.7. The molecule has 39 heavy (non-hydrogen) atoms. The van der Waals surface area contributed by atoms with Crippen LogP contribution in [0, 0.1) is 6.92 Å². The van der Waals surface area contributed by atoms with Crippen LogP contribution >= 0.6 is 11.6 Å². The van der Waals surface area contributed by atoms with Crippen LogP contribution < -0.4 is 14.4 Å². The van der Waals surface area contributed by atoms with Gasteiger partial charge in [0, 0.05) is 18.1 Å². The zero-order chi connectivity index (χ0) is 28.6. The number of halogens is 1. The molecule has 0 heterocycles. The highest BCUT2D eigenvalue weighted by Crippen LogP contribution is 2.33. The zero-order valence-corrected chi connectivity index (χ0v) is 24.1. The molecule has 0 saturated heterocycles. The minimum absolute atomic E-state index is 0.0327. The van der Waals surface area contributed by atoms with Gasteiger partial charge < -0.3 is 15.0 Å². The molecule has 8 nitrogen and oxygen atoms in total. The highest BCUT2D eigenvalue weighted by Gasteiger charge is 2.33. The number of ether oxygens (including phenoxy) is 1. The van der Waals surface area contributed by atoms with Crippen LogP contribution in [0.1, 0.15) is 31.9 Å². The zero-order valence-electron chi connectivity index (χ0n) is 22.6. The van der Waals surface area contributed by atoms with E-state index in [1.54, 1.807) is 81.4 Å². The summed E-state index contributed by atoms with van der Waals surface area (Å²) in [7, 11) is -4.19. The maximum Gasteiger partial charge on any atom is 0.264 e. The van der Waals surface area contributed by atoms with Crippen molar-refractivity contribution in [2.45, 2.75) is 45.2 Å². The monoisotopic (exact) mass is 571 g/mol. The molecule has 0 bridgehead atoms. The van der Waals surface area contributed by atoms with Crippen LogP contribution in [0.4, 0.5) is 5.69 Å². The first-order valence-electron chi connectivity index (χ1n) is 12.7. The number of rotatable bonds is 12. The van der Waals surface area contributed by atoms with Crippen molar-refractivity contribution in [3.8, 4) is 5.75 Å². The number of aryl methyl sites for hydroxylation is 1. The number of para-hydroxylation sites is 2. The maximum atomic E-state index is 14.0. The first kappa shape index (κ1) is 30.0. The van der Waals surface area contributed by atoms with E-state index in [1.165, 1.54) is 17.0 Å². The lowest BCUT2D eigenvalue weighted by atomic mass is 10.1. The number of benzene rings is 3. The molecule has 1 unspecified atom stereocenters. The highest BCUT2D eigenvalue weighted by molar-refractivity contribution is 7.92. The molecule has 1 N–H and O–H groups in total. The maximum absolute atomic E-state index is 14.0. The first-order chi connectivity index (χ1) is 18.6. The molecular weight excluding hydrogens is 538 g/mol. The molecule has 208 valence electrons. The minimum Gasteiger partial charge on any atom is -0.492 e. The number of sulfonamides is 1. The number of anilines is 1. The molecule has 3 aromatic carbocycles. The lowest BCUT2D eigenvalue weighted by Crippen LogP contribution is -2.51. The first-order valence-corrected chi connectivity index (χ1v) is 14.5. The van der Waals surface area contributed by atoms with Crippen LogP contribution in [0.3, 0.4) is 0 Å². The van der Waals surface area contributed by atoms with Crippen molar-refractivity contribution >= 4 is 39.1 Å². The largest absolute Gasteiger partial charge is 0.492 e. The Balaban J connectivity index is 2.08. The Kier molecular flexibility index (Phi) is 10.4. The van der Waals surface area contributed by atoms with Crippen LogP contribution in [-0.4, -0.2) is 50.9 Å². The van der Waals surface area contributed by atoms with E-state index < -0.39 is 28.5 Å². The summed E-state index contributed by atoms with van der Waals surface area (Å²) in [6, 6.07) is 19.2. The SMILES string of the molecule is CCNC(=O)C(C)N(Cc1cccc(Cl)c1)C(=O)CN(c1ccccc1OCC)S(=O)(=O)c1ccc(C)cc1. The van der Waals surface area contributed by atoms with Crippen molar-refractivity contribution < 1.29 is 22.7 Å². The van der Waals surface area contributed by atoms with Gasteiger partial charge in [0.2, 0.25) is 11.8 Å². The van der Waals surface area contributed by atoms with Gasteiger partial charge in [-0.15, -0.1) is 0 Å². The fourth-order valence-electron chi connectivity index (χ4n) is 4.03. The Hall–Kier alpha value is -3.56.